The van der Waals surface area contributed by atoms with Crippen molar-refractivity contribution in [1.82, 2.24) is 0 Å². The first-order valence-electron chi connectivity index (χ1n) is 5.92. The Hall–Kier alpha value is -0.960. The van der Waals surface area contributed by atoms with Crippen LogP contribution in [0.2, 0.25) is 5.02 Å². The zero-order valence-electron chi connectivity index (χ0n) is 10.3. The molecule has 0 saturated heterocycles. The lowest BCUT2D eigenvalue weighted by Gasteiger charge is -2.08. The summed E-state index contributed by atoms with van der Waals surface area (Å²) in [6.07, 6.45) is 0.933. The summed E-state index contributed by atoms with van der Waals surface area (Å²) in [4.78, 5) is 2.43. The highest BCUT2D eigenvalue weighted by Crippen LogP contribution is 2.31. The molecule has 2 rings (SSSR count). The van der Waals surface area contributed by atoms with Gasteiger partial charge in [0.1, 0.15) is 0 Å². The first-order valence-corrected chi connectivity index (χ1v) is 7.11. The van der Waals surface area contributed by atoms with Crippen molar-refractivity contribution in [2.75, 3.05) is 6.54 Å². The largest absolute Gasteiger partial charge is 0.330 e. The van der Waals surface area contributed by atoms with Crippen LogP contribution < -0.4 is 5.73 Å². The predicted octanol–water partition coefficient (Wildman–Crippen LogP) is 4.30. The molecule has 0 radical (unpaired) electrons. The minimum atomic E-state index is 0.695. The highest BCUT2D eigenvalue weighted by atomic mass is 35.5. The summed E-state index contributed by atoms with van der Waals surface area (Å²) in [7, 11) is 0. The zero-order valence-corrected chi connectivity index (χ0v) is 11.9. The van der Waals surface area contributed by atoms with Crippen molar-refractivity contribution in [2.45, 2.75) is 23.1 Å². The monoisotopic (exact) mass is 277 g/mol. The van der Waals surface area contributed by atoms with Crippen LogP contribution in [-0.4, -0.2) is 6.54 Å². The molecule has 0 bridgehead atoms. The zero-order chi connectivity index (χ0) is 13.0. The lowest BCUT2D eigenvalue weighted by atomic mass is 10.1. The number of hydrogen-bond acceptors (Lipinski definition) is 2. The summed E-state index contributed by atoms with van der Waals surface area (Å²) < 4.78 is 0. The summed E-state index contributed by atoms with van der Waals surface area (Å²) in [6, 6.07) is 14.4. The van der Waals surface area contributed by atoms with Crippen LogP contribution in [0.25, 0.3) is 0 Å². The Morgan fingerprint density at radius 2 is 2.00 bits per heavy atom. The van der Waals surface area contributed by atoms with E-state index in [1.807, 2.05) is 18.2 Å². The van der Waals surface area contributed by atoms with E-state index in [9.17, 15) is 0 Å². The van der Waals surface area contributed by atoms with Gasteiger partial charge in [-0.15, -0.1) is 0 Å². The maximum Gasteiger partial charge on any atom is 0.0417 e. The second-order valence-electron chi connectivity index (χ2n) is 4.20. The maximum atomic E-state index is 5.99. The molecule has 0 saturated carbocycles. The summed E-state index contributed by atoms with van der Waals surface area (Å²) in [5.74, 6) is 0. The molecular formula is C15H16ClNS. The molecule has 2 N–H and O–H groups in total. The third kappa shape index (κ3) is 3.52. The molecule has 0 heterocycles. The first kappa shape index (κ1) is 13.5. The molecule has 0 unspecified atom stereocenters. The molecule has 94 valence electrons. The Kier molecular flexibility index (Phi) is 4.70. The molecule has 0 amide bonds. The Bertz CT molecular complexity index is 540. The quantitative estimate of drug-likeness (QED) is 0.902. The third-order valence-electron chi connectivity index (χ3n) is 2.70. The van der Waals surface area contributed by atoms with E-state index in [0.29, 0.717) is 6.54 Å². The van der Waals surface area contributed by atoms with Gasteiger partial charge in [-0.2, -0.15) is 0 Å². The molecule has 18 heavy (non-hydrogen) atoms. The molecule has 0 spiro atoms. The van der Waals surface area contributed by atoms with Gasteiger partial charge in [0.05, 0.1) is 0 Å². The number of benzene rings is 2. The first-order chi connectivity index (χ1) is 8.69. The van der Waals surface area contributed by atoms with Gasteiger partial charge in [0.15, 0.2) is 0 Å². The summed E-state index contributed by atoms with van der Waals surface area (Å²) in [6.45, 7) is 2.83. The van der Waals surface area contributed by atoms with Gasteiger partial charge in [0.2, 0.25) is 0 Å². The highest BCUT2D eigenvalue weighted by molar-refractivity contribution is 7.99. The van der Waals surface area contributed by atoms with Crippen LogP contribution in [0.3, 0.4) is 0 Å². The van der Waals surface area contributed by atoms with E-state index < -0.39 is 0 Å². The molecule has 0 fully saturated rings. The normalized spacial score (nSPS) is 10.6. The minimum absolute atomic E-state index is 0.695. The van der Waals surface area contributed by atoms with Crippen LogP contribution in [0.15, 0.2) is 52.3 Å². The van der Waals surface area contributed by atoms with Gasteiger partial charge in [-0.25, -0.2) is 0 Å². The molecule has 0 atom stereocenters. The number of nitrogens with two attached hydrogens (primary N) is 1. The van der Waals surface area contributed by atoms with Crippen molar-refractivity contribution in [1.29, 1.82) is 0 Å². The Labute approximate surface area is 117 Å². The van der Waals surface area contributed by atoms with Gasteiger partial charge in [-0.1, -0.05) is 41.6 Å². The molecular weight excluding hydrogens is 262 g/mol. The van der Waals surface area contributed by atoms with Gasteiger partial charge in [-0.05, 0) is 55.3 Å². The molecule has 0 aliphatic heterocycles. The molecule has 0 aliphatic rings. The standard InChI is InChI=1S/C15H16ClNS/c1-11-9-12(7-8-17)5-6-15(11)18-14-4-2-3-13(16)10-14/h2-6,9-10H,7-8,17H2,1H3. The summed E-state index contributed by atoms with van der Waals surface area (Å²) in [5.41, 5.74) is 8.15. The number of halogens is 1. The third-order valence-corrected chi connectivity index (χ3v) is 4.10. The molecule has 2 aromatic rings. The SMILES string of the molecule is Cc1cc(CCN)ccc1Sc1cccc(Cl)c1. The van der Waals surface area contributed by atoms with Crippen LogP contribution in [0.1, 0.15) is 11.1 Å². The second-order valence-corrected chi connectivity index (χ2v) is 5.75. The number of hydrogen-bond donors (Lipinski definition) is 1. The average Bonchev–Trinajstić information content (AvgIpc) is 2.33. The lowest BCUT2D eigenvalue weighted by Crippen LogP contribution is -2.02. The smallest absolute Gasteiger partial charge is 0.0417 e. The van der Waals surface area contributed by atoms with E-state index in [-0.39, 0.29) is 0 Å². The van der Waals surface area contributed by atoms with Crippen LogP contribution >= 0.6 is 23.4 Å². The van der Waals surface area contributed by atoms with E-state index >= 15 is 0 Å². The number of rotatable bonds is 4. The Morgan fingerprint density at radius 1 is 1.17 bits per heavy atom. The highest BCUT2D eigenvalue weighted by Gasteiger charge is 2.03. The van der Waals surface area contributed by atoms with Crippen LogP contribution in [0.4, 0.5) is 0 Å². The van der Waals surface area contributed by atoms with Gasteiger partial charge >= 0.3 is 0 Å². The Balaban J connectivity index is 2.19. The van der Waals surface area contributed by atoms with Gasteiger partial charge in [0, 0.05) is 14.8 Å². The average molecular weight is 278 g/mol. The fourth-order valence-corrected chi connectivity index (χ4v) is 3.00. The van der Waals surface area contributed by atoms with E-state index in [2.05, 4.69) is 31.2 Å². The Morgan fingerprint density at radius 3 is 2.67 bits per heavy atom. The fraction of sp³-hybridized carbons (Fsp3) is 0.200. The van der Waals surface area contributed by atoms with E-state index in [1.54, 1.807) is 11.8 Å². The van der Waals surface area contributed by atoms with E-state index in [4.69, 9.17) is 17.3 Å². The van der Waals surface area contributed by atoms with Crippen molar-refractivity contribution in [3.8, 4) is 0 Å². The molecule has 1 nitrogen and oxygen atoms in total. The molecule has 0 aromatic heterocycles. The van der Waals surface area contributed by atoms with Gasteiger partial charge in [-0.3, -0.25) is 0 Å². The van der Waals surface area contributed by atoms with Crippen LogP contribution in [-0.2, 0) is 6.42 Å². The lowest BCUT2D eigenvalue weighted by molar-refractivity contribution is 0.963. The fourth-order valence-electron chi connectivity index (χ4n) is 1.81. The van der Waals surface area contributed by atoms with Gasteiger partial charge in [0.25, 0.3) is 0 Å². The maximum absolute atomic E-state index is 5.99. The van der Waals surface area contributed by atoms with Crippen molar-refractivity contribution in [2.24, 2.45) is 5.73 Å². The molecule has 3 heteroatoms. The molecule has 0 aliphatic carbocycles. The van der Waals surface area contributed by atoms with Crippen molar-refractivity contribution < 1.29 is 0 Å². The predicted molar refractivity (Wildman–Crippen MR) is 79.5 cm³/mol. The van der Waals surface area contributed by atoms with Crippen LogP contribution in [0.5, 0.6) is 0 Å². The summed E-state index contributed by atoms with van der Waals surface area (Å²) >= 11 is 7.73. The van der Waals surface area contributed by atoms with Crippen LogP contribution in [0, 0.1) is 6.92 Å². The van der Waals surface area contributed by atoms with Crippen molar-refractivity contribution in [3.63, 3.8) is 0 Å². The van der Waals surface area contributed by atoms with E-state index in [0.717, 1.165) is 16.3 Å². The topological polar surface area (TPSA) is 26.0 Å². The molecule has 2 aromatic carbocycles. The van der Waals surface area contributed by atoms with E-state index in [1.165, 1.54) is 16.0 Å². The second kappa shape index (κ2) is 6.28. The van der Waals surface area contributed by atoms with Crippen molar-refractivity contribution in [3.05, 3.63) is 58.6 Å². The number of aryl methyl sites for hydroxylation is 1. The summed E-state index contributed by atoms with van der Waals surface area (Å²) in [5, 5.41) is 0.775. The van der Waals surface area contributed by atoms with Gasteiger partial charge < -0.3 is 5.73 Å². The minimum Gasteiger partial charge on any atom is -0.330 e. The van der Waals surface area contributed by atoms with Crippen molar-refractivity contribution >= 4 is 23.4 Å².